The summed E-state index contributed by atoms with van der Waals surface area (Å²) >= 11 is 0. The van der Waals surface area contributed by atoms with Crippen molar-refractivity contribution in [2.24, 2.45) is 0 Å². The standard InChI is InChI=1S/C19H18O6/c1-3-22-11-5-4-9-14-12(21-2)8-13-15(10-6-7-23-19(10)24-13)17(14)25-18(20)16(9)11/h6-8,10-11,19H,3-5H2,1-2H3. The normalized spacial score (nSPS) is 25.4. The van der Waals surface area contributed by atoms with Gasteiger partial charge in [0, 0.05) is 12.7 Å². The van der Waals surface area contributed by atoms with E-state index in [9.17, 15) is 4.79 Å². The molecule has 0 N–H and O–H groups in total. The molecule has 1 aromatic carbocycles. The molecule has 0 amide bonds. The zero-order chi connectivity index (χ0) is 17.1. The molecule has 0 spiro atoms. The zero-order valence-corrected chi connectivity index (χ0v) is 14.0. The minimum absolute atomic E-state index is 0.0753. The van der Waals surface area contributed by atoms with Crippen molar-refractivity contribution in [1.82, 2.24) is 0 Å². The quantitative estimate of drug-likeness (QED) is 0.798. The van der Waals surface area contributed by atoms with Gasteiger partial charge in [-0.05, 0) is 31.4 Å². The van der Waals surface area contributed by atoms with Gasteiger partial charge in [-0.15, -0.1) is 0 Å². The van der Waals surface area contributed by atoms with Crippen LogP contribution in [0.4, 0.5) is 0 Å². The van der Waals surface area contributed by atoms with Crippen molar-refractivity contribution in [1.29, 1.82) is 0 Å². The van der Waals surface area contributed by atoms with E-state index in [1.807, 2.05) is 19.1 Å². The van der Waals surface area contributed by atoms with Gasteiger partial charge in [0.25, 0.3) is 6.29 Å². The van der Waals surface area contributed by atoms with Crippen molar-refractivity contribution in [2.75, 3.05) is 13.7 Å². The molecule has 25 heavy (non-hydrogen) atoms. The van der Waals surface area contributed by atoms with Gasteiger partial charge in [0.1, 0.15) is 17.1 Å². The molecule has 3 unspecified atom stereocenters. The van der Waals surface area contributed by atoms with Crippen molar-refractivity contribution < 1.29 is 23.4 Å². The molecule has 130 valence electrons. The van der Waals surface area contributed by atoms with Gasteiger partial charge in [0.05, 0.1) is 41.9 Å². The second-order valence-electron chi connectivity index (χ2n) is 6.44. The Morgan fingerprint density at radius 1 is 1.32 bits per heavy atom. The molecule has 6 nitrogen and oxygen atoms in total. The Hall–Kier alpha value is -2.47. The van der Waals surface area contributed by atoms with Gasteiger partial charge in [-0.1, -0.05) is 0 Å². The molecule has 3 heterocycles. The van der Waals surface area contributed by atoms with Crippen molar-refractivity contribution in [2.45, 2.75) is 38.1 Å². The number of methoxy groups -OCH3 is 1. The van der Waals surface area contributed by atoms with Crippen LogP contribution in [-0.2, 0) is 15.9 Å². The smallest absolute Gasteiger partial charge is 0.342 e. The third-order valence-corrected chi connectivity index (χ3v) is 5.22. The molecule has 0 radical (unpaired) electrons. The summed E-state index contributed by atoms with van der Waals surface area (Å²) in [6.07, 6.45) is 4.48. The van der Waals surface area contributed by atoms with Crippen LogP contribution in [0.2, 0.25) is 0 Å². The first kappa shape index (κ1) is 14.8. The molecule has 0 bridgehead atoms. The summed E-state index contributed by atoms with van der Waals surface area (Å²) in [5.74, 6) is 1.22. The number of benzene rings is 1. The molecule has 2 aromatic rings. The van der Waals surface area contributed by atoms with Crippen LogP contribution in [0, 0.1) is 0 Å². The first-order chi connectivity index (χ1) is 12.2. The van der Waals surface area contributed by atoms with E-state index in [0.717, 1.165) is 29.4 Å². The van der Waals surface area contributed by atoms with Gasteiger partial charge in [-0.25, -0.2) is 4.79 Å². The molecule has 3 aliphatic rings. The summed E-state index contributed by atoms with van der Waals surface area (Å²) in [7, 11) is 1.61. The first-order valence-electron chi connectivity index (χ1n) is 8.53. The molecule has 1 aliphatic carbocycles. The largest absolute Gasteiger partial charge is 0.496 e. The van der Waals surface area contributed by atoms with Gasteiger partial charge < -0.3 is 23.4 Å². The van der Waals surface area contributed by atoms with Gasteiger partial charge in [0.15, 0.2) is 0 Å². The van der Waals surface area contributed by atoms with Crippen molar-refractivity contribution in [3.8, 4) is 11.5 Å². The molecule has 0 saturated carbocycles. The first-order valence-corrected chi connectivity index (χ1v) is 8.53. The van der Waals surface area contributed by atoms with E-state index in [0.29, 0.717) is 29.3 Å². The van der Waals surface area contributed by atoms with E-state index in [-0.39, 0.29) is 17.6 Å². The molecule has 5 rings (SSSR count). The van der Waals surface area contributed by atoms with E-state index >= 15 is 0 Å². The maximum absolute atomic E-state index is 12.7. The van der Waals surface area contributed by atoms with Crippen LogP contribution >= 0.6 is 0 Å². The molecule has 0 saturated heterocycles. The summed E-state index contributed by atoms with van der Waals surface area (Å²) < 4.78 is 28.4. The number of aryl methyl sites for hydroxylation is 1. The lowest BCUT2D eigenvalue weighted by molar-refractivity contribution is -0.00485. The average Bonchev–Trinajstić information content (AvgIpc) is 3.28. The van der Waals surface area contributed by atoms with E-state index in [2.05, 4.69) is 0 Å². The summed E-state index contributed by atoms with van der Waals surface area (Å²) in [4.78, 5) is 12.7. The fraction of sp³-hybridized carbons (Fsp3) is 0.421. The minimum atomic E-state index is -0.403. The minimum Gasteiger partial charge on any atom is -0.496 e. The van der Waals surface area contributed by atoms with Crippen LogP contribution < -0.4 is 15.1 Å². The molecular weight excluding hydrogens is 324 g/mol. The van der Waals surface area contributed by atoms with Crippen LogP contribution in [0.25, 0.3) is 11.0 Å². The van der Waals surface area contributed by atoms with Crippen molar-refractivity contribution >= 4 is 11.0 Å². The highest BCUT2D eigenvalue weighted by molar-refractivity contribution is 5.93. The number of hydrogen-bond acceptors (Lipinski definition) is 6. The molecule has 6 heteroatoms. The zero-order valence-electron chi connectivity index (χ0n) is 14.0. The van der Waals surface area contributed by atoms with Crippen LogP contribution in [0.3, 0.4) is 0 Å². The Balaban J connectivity index is 1.83. The predicted octanol–water partition coefficient (Wildman–Crippen LogP) is 3.17. The summed E-state index contributed by atoms with van der Waals surface area (Å²) in [6, 6.07) is 1.86. The van der Waals surface area contributed by atoms with Gasteiger partial charge in [-0.3, -0.25) is 0 Å². The van der Waals surface area contributed by atoms with E-state index < -0.39 is 6.29 Å². The van der Waals surface area contributed by atoms with Gasteiger partial charge in [0.2, 0.25) is 0 Å². The molecule has 0 fully saturated rings. The van der Waals surface area contributed by atoms with Gasteiger partial charge in [-0.2, -0.15) is 0 Å². The van der Waals surface area contributed by atoms with Crippen molar-refractivity contribution in [3.63, 3.8) is 0 Å². The number of hydrogen-bond donors (Lipinski definition) is 0. The number of fused-ring (bicyclic) bond motifs is 7. The van der Waals surface area contributed by atoms with Crippen molar-refractivity contribution in [3.05, 3.63) is 45.5 Å². The average molecular weight is 342 g/mol. The summed E-state index contributed by atoms with van der Waals surface area (Å²) in [5, 5.41) is 0.850. The maximum atomic E-state index is 12.7. The predicted molar refractivity (Wildman–Crippen MR) is 89.1 cm³/mol. The van der Waals surface area contributed by atoms with E-state index in [4.69, 9.17) is 23.4 Å². The molecule has 1 aromatic heterocycles. The molecular formula is C19H18O6. The van der Waals surface area contributed by atoms with E-state index in [1.165, 1.54) is 0 Å². The third kappa shape index (κ3) is 1.91. The summed E-state index contributed by atoms with van der Waals surface area (Å²) in [5.41, 5.74) is 2.66. The maximum Gasteiger partial charge on any atom is 0.342 e. The number of ether oxygens (including phenoxy) is 4. The lowest BCUT2D eigenvalue weighted by Gasteiger charge is -2.14. The Labute approximate surface area is 143 Å². The Morgan fingerprint density at radius 3 is 3.00 bits per heavy atom. The highest BCUT2D eigenvalue weighted by Gasteiger charge is 2.42. The fourth-order valence-electron chi connectivity index (χ4n) is 4.21. The van der Waals surface area contributed by atoms with Crippen LogP contribution in [0.1, 0.15) is 42.1 Å². The van der Waals surface area contributed by atoms with E-state index in [1.54, 1.807) is 13.4 Å². The molecule has 2 aliphatic heterocycles. The highest BCUT2D eigenvalue weighted by atomic mass is 16.7. The second-order valence-corrected chi connectivity index (χ2v) is 6.44. The fourth-order valence-corrected chi connectivity index (χ4v) is 4.21. The van der Waals surface area contributed by atoms with Crippen LogP contribution in [0.5, 0.6) is 11.5 Å². The SMILES string of the molecule is CCOC1CCc2c1c(=O)oc1c3c(cc(OC)c21)OC1OC=CC31. The topological polar surface area (TPSA) is 67.1 Å². The van der Waals surface area contributed by atoms with Gasteiger partial charge >= 0.3 is 5.63 Å². The highest BCUT2D eigenvalue weighted by Crippen LogP contribution is 2.50. The number of rotatable bonds is 3. The Morgan fingerprint density at radius 2 is 2.20 bits per heavy atom. The lowest BCUT2D eigenvalue weighted by atomic mass is 9.95. The van der Waals surface area contributed by atoms with Crippen LogP contribution in [-0.4, -0.2) is 20.0 Å². The second kappa shape index (κ2) is 5.26. The lowest BCUT2D eigenvalue weighted by Crippen LogP contribution is -2.15. The monoisotopic (exact) mass is 342 g/mol. The third-order valence-electron chi connectivity index (χ3n) is 5.22. The van der Waals surface area contributed by atoms with Crippen LogP contribution in [0.15, 0.2) is 27.6 Å². The Bertz CT molecular complexity index is 957. The molecule has 3 atom stereocenters. The summed E-state index contributed by atoms with van der Waals surface area (Å²) in [6.45, 7) is 2.49. The Kier molecular flexibility index (Phi) is 3.12.